The number of carbonyl (C=O) groups excluding carboxylic acids is 1. The number of unbranched alkanes of at least 4 members (excludes halogenated alkanes) is 1. The molecule has 0 aliphatic carbocycles. The van der Waals surface area contributed by atoms with Crippen LogP contribution >= 0.6 is 11.6 Å². The number of ketones is 1. The second kappa shape index (κ2) is 6.36. The molecule has 1 N–H and O–H groups in total. The van der Waals surface area contributed by atoms with Gasteiger partial charge in [0.2, 0.25) is 0 Å². The smallest absolute Gasteiger partial charge is 0.162 e. The van der Waals surface area contributed by atoms with Crippen LogP contribution in [0.4, 0.5) is 0 Å². The standard InChI is InChI=1S/C14H15ClN2O/c15-12-7-5-11(6-8-12)13(18)3-1-2-4-14-16-9-10-17-14/h5-10H,1-4H2,(H,16,17). The lowest BCUT2D eigenvalue weighted by molar-refractivity contribution is 0.0979. The molecular weight excluding hydrogens is 248 g/mol. The van der Waals surface area contributed by atoms with Crippen molar-refractivity contribution in [3.63, 3.8) is 0 Å². The van der Waals surface area contributed by atoms with E-state index in [-0.39, 0.29) is 5.78 Å². The Kier molecular flexibility index (Phi) is 4.53. The fourth-order valence-corrected chi connectivity index (χ4v) is 1.92. The molecule has 2 rings (SSSR count). The highest BCUT2D eigenvalue weighted by molar-refractivity contribution is 6.30. The summed E-state index contributed by atoms with van der Waals surface area (Å²) >= 11 is 5.78. The lowest BCUT2D eigenvalue weighted by atomic mass is 10.0. The van der Waals surface area contributed by atoms with Crippen molar-refractivity contribution in [3.8, 4) is 0 Å². The number of aryl methyl sites for hydroxylation is 1. The Balaban J connectivity index is 1.73. The van der Waals surface area contributed by atoms with E-state index in [1.807, 2.05) is 6.20 Å². The van der Waals surface area contributed by atoms with Crippen LogP contribution in [0, 0.1) is 0 Å². The zero-order chi connectivity index (χ0) is 12.8. The number of H-pyrrole nitrogens is 1. The third-order valence-electron chi connectivity index (χ3n) is 2.79. The zero-order valence-electron chi connectivity index (χ0n) is 10.0. The predicted molar refractivity (Wildman–Crippen MR) is 71.9 cm³/mol. The molecule has 4 heteroatoms. The highest BCUT2D eigenvalue weighted by Gasteiger charge is 2.05. The van der Waals surface area contributed by atoms with E-state index < -0.39 is 0 Å². The monoisotopic (exact) mass is 262 g/mol. The zero-order valence-corrected chi connectivity index (χ0v) is 10.8. The summed E-state index contributed by atoms with van der Waals surface area (Å²) in [5.41, 5.74) is 0.734. The van der Waals surface area contributed by atoms with Gasteiger partial charge in [-0.25, -0.2) is 4.98 Å². The van der Waals surface area contributed by atoms with Crippen molar-refractivity contribution in [2.75, 3.05) is 0 Å². The SMILES string of the molecule is O=C(CCCCc1ncc[nH]1)c1ccc(Cl)cc1. The van der Waals surface area contributed by atoms with Crippen molar-refractivity contribution >= 4 is 17.4 Å². The number of rotatable bonds is 6. The largest absolute Gasteiger partial charge is 0.349 e. The molecule has 0 saturated heterocycles. The van der Waals surface area contributed by atoms with Crippen LogP contribution in [0.25, 0.3) is 0 Å². The summed E-state index contributed by atoms with van der Waals surface area (Å²) in [4.78, 5) is 19.0. The molecule has 1 aromatic carbocycles. The molecule has 0 bridgehead atoms. The van der Waals surface area contributed by atoms with Crippen molar-refractivity contribution in [3.05, 3.63) is 53.1 Å². The number of aromatic amines is 1. The second-order valence-corrected chi connectivity index (χ2v) is 4.61. The first kappa shape index (κ1) is 12.8. The number of aromatic nitrogens is 2. The number of hydrogen-bond donors (Lipinski definition) is 1. The first-order valence-corrected chi connectivity index (χ1v) is 6.40. The molecule has 18 heavy (non-hydrogen) atoms. The summed E-state index contributed by atoms with van der Waals surface area (Å²) < 4.78 is 0. The summed E-state index contributed by atoms with van der Waals surface area (Å²) in [6, 6.07) is 7.05. The van der Waals surface area contributed by atoms with Crippen LogP contribution in [0.15, 0.2) is 36.7 Å². The molecular formula is C14H15ClN2O. The molecule has 0 fully saturated rings. The molecule has 0 spiro atoms. The van der Waals surface area contributed by atoms with Gasteiger partial charge in [0.05, 0.1) is 0 Å². The first-order valence-electron chi connectivity index (χ1n) is 6.03. The van der Waals surface area contributed by atoms with Gasteiger partial charge in [0.15, 0.2) is 5.78 Å². The van der Waals surface area contributed by atoms with Crippen LogP contribution in [0.1, 0.15) is 35.4 Å². The lowest BCUT2D eigenvalue weighted by Gasteiger charge is -2.01. The maximum atomic E-state index is 11.9. The summed E-state index contributed by atoms with van der Waals surface area (Å²) in [6.45, 7) is 0. The van der Waals surface area contributed by atoms with Gasteiger partial charge >= 0.3 is 0 Å². The second-order valence-electron chi connectivity index (χ2n) is 4.17. The Morgan fingerprint density at radius 1 is 1.22 bits per heavy atom. The predicted octanol–water partition coefficient (Wildman–Crippen LogP) is 3.66. The van der Waals surface area contributed by atoms with Gasteiger partial charge in [-0.15, -0.1) is 0 Å². The van der Waals surface area contributed by atoms with Crippen LogP contribution in [-0.2, 0) is 6.42 Å². The van der Waals surface area contributed by atoms with E-state index in [0.717, 1.165) is 30.7 Å². The maximum Gasteiger partial charge on any atom is 0.162 e. The molecule has 0 amide bonds. The van der Waals surface area contributed by atoms with E-state index in [0.29, 0.717) is 11.4 Å². The molecule has 0 aliphatic rings. The minimum absolute atomic E-state index is 0.172. The highest BCUT2D eigenvalue weighted by atomic mass is 35.5. The van der Waals surface area contributed by atoms with Crippen molar-refractivity contribution in [2.45, 2.75) is 25.7 Å². The third-order valence-corrected chi connectivity index (χ3v) is 3.04. The average Bonchev–Trinajstić information content (AvgIpc) is 2.88. The van der Waals surface area contributed by atoms with Crippen LogP contribution in [-0.4, -0.2) is 15.8 Å². The van der Waals surface area contributed by atoms with Crippen LogP contribution in [0.2, 0.25) is 5.02 Å². The van der Waals surface area contributed by atoms with E-state index >= 15 is 0 Å². The minimum Gasteiger partial charge on any atom is -0.349 e. The van der Waals surface area contributed by atoms with Gasteiger partial charge in [0.25, 0.3) is 0 Å². The molecule has 3 nitrogen and oxygen atoms in total. The molecule has 0 unspecified atom stereocenters. The Bertz CT molecular complexity index is 491. The Morgan fingerprint density at radius 3 is 2.67 bits per heavy atom. The molecule has 1 aromatic heterocycles. The number of hydrogen-bond acceptors (Lipinski definition) is 2. The fourth-order valence-electron chi connectivity index (χ4n) is 1.79. The molecule has 0 aliphatic heterocycles. The fraction of sp³-hybridized carbons (Fsp3) is 0.286. The molecule has 0 saturated carbocycles. The van der Waals surface area contributed by atoms with Gasteiger partial charge < -0.3 is 4.98 Å². The first-order chi connectivity index (χ1) is 8.75. The Hall–Kier alpha value is -1.61. The van der Waals surface area contributed by atoms with Gasteiger partial charge in [0.1, 0.15) is 5.82 Å². The van der Waals surface area contributed by atoms with Crippen molar-refractivity contribution < 1.29 is 4.79 Å². The maximum absolute atomic E-state index is 11.9. The van der Waals surface area contributed by atoms with E-state index in [1.54, 1.807) is 30.5 Å². The van der Waals surface area contributed by atoms with Gasteiger partial charge in [-0.1, -0.05) is 11.6 Å². The van der Waals surface area contributed by atoms with E-state index in [9.17, 15) is 4.79 Å². The summed E-state index contributed by atoms with van der Waals surface area (Å²) in [6.07, 6.45) is 6.86. The van der Waals surface area contributed by atoms with Crippen LogP contribution in [0.3, 0.4) is 0 Å². The van der Waals surface area contributed by atoms with Gasteiger partial charge in [0, 0.05) is 35.8 Å². The van der Waals surface area contributed by atoms with Crippen molar-refractivity contribution in [1.82, 2.24) is 9.97 Å². The normalized spacial score (nSPS) is 10.5. The third kappa shape index (κ3) is 3.70. The Morgan fingerprint density at radius 2 is 2.00 bits per heavy atom. The lowest BCUT2D eigenvalue weighted by Crippen LogP contribution is -1.99. The van der Waals surface area contributed by atoms with E-state index in [4.69, 9.17) is 11.6 Å². The minimum atomic E-state index is 0.172. The number of nitrogens with zero attached hydrogens (tertiary/aromatic N) is 1. The number of halogens is 1. The van der Waals surface area contributed by atoms with Crippen LogP contribution in [0.5, 0.6) is 0 Å². The molecule has 0 radical (unpaired) electrons. The van der Waals surface area contributed by atoms with E-state index in [1.165, 1.54) is 0 Å². The number of carbonyl (C=O) groups is 1. The molecule has 94 valence electrons. The molecule has 1 heterocycles. The molecule has 2 aromatic rings. The number of Topliss-reactive ketones (excluding diaryl/α,β-unsaturated/α-hetero) is 1. The van der Waals surface area contributed by atoms with Crippen molar-refractivity contribution in [2.24, 2.45) is 0 Å². The van der Waals surface area contributed by atoms with Gasteiger partial charge in [-0.2, -0.15) is 0 Å². The van der Waals surface area contributed by atoms with E-state index in [2.05, 4.69) is 9.97 Å². The van der Waals surface area contributed by atoms with Crippen LogP contribution < -0.4 is 0 Å². The molecule has 0 atom stereocenters. The summed E-state index contributed by atoms with van der Waals surface area (Å²) in [7, 11) is 0. The highest BCUT2D eigenvalue weighted by Crippen LogP contribution is 2.12. The topological polar surface area (TPSA) is 45.8 Å². The quantitative estimate of drug-likeness (QED) is 0.638. The number of benzene rings is 1. The van der Waals surface area contributed by atoms with Crippen molar-refractivity contribution in [1.29, 1.82) is 0 Å². The van der Waals surface area contributed by atoms with Gasteiger partial charge in [-0.05, 0) is 37.1 Å². The summed E-state index contributed by atoms with van der Waals surface area (Å²) in [5.74, 6) is 1.15. The Labute approximate surface area is 111 Å². The van der Waals surface area contributed by atoms with Gasteiger partial charge in [-0.3, -0.25) is 4.79 Å². The average molecular weight is 263 g/mol. The summed E-state index contributed by atoms with van der Waals surface area (Å²) in [5, 5.41) is 0.657. The number of imidazole rings is 1. The number of nitrogens with one attached hydrogen (secondary N) is 1.